The van der Waals surface area contributed by atoms with Crippen molar-refractivity contribution in [2.24, 2.45) is 0 Å². The van der Waals surface area contributed by atoms with E-state index in [1.165, 1.54) is 0 Å². The molecule has 1 aromatic heterocycles. The molecule has 2 aromatic carbocycles. The van der Waals surface area contributed by atoms with Crippen LogP contribution in [0.4, 0.5) is 5.69 Å². The SMILES string of the molecule is Cc1noc(C)c1CC(=O)N1CCN(CCC(=O)Nc2ccccc2-c2ccccc2)CC1. The van der Waals surface area contributed by atoms with Crippen molar-refractivity contribution in [2.45, 2.75) is 26.7 Å². The fraction of sp³-hybridized carbons (Fsp3) is 0.346. The summed E-state index contributed by atoms with van der Waals surface area (Å²) in [5.41, 5.74) is 4.57. The molecule has 33 heavy (non-hydrogen) atoms. The normalized spacial score (nSPS) is 14.3. The Morgan fingerprint density at radius 2 is 1.67 bits per heavy atom. The molecule has 4 rings (SSSR count). The summed E-state index contributed by atoms with van der Waals surface area (Å²) in [4.78, 5) is 29.4. The summed E-state index contributed by atoms with van der Waals surface area (Å²) in [7, 11) is 0. The fourth-order valence-corrected chi connectivity index (χ4v) is 4.17. The zero-order valence-corrected chi connectivity index (χ0v) is 19.2. The zero-order chi connectivity index (χ0) is 23.2. The van der Waals surface area contributed by atoms with Gasteiger partial charge in [0.05, 0.1) is 12.1 Å². The van der Waals surface area contributed by atoms with Crippen LogP contribution in [0.5, 0.6) is 0 Å². The summed E-state index contributed by atoms with van der Waals surface area (Å²) in [6, 6.07) is 17.9. The smallest absolute Gasteiger partial charge is 0.227 e. The van der Waals surface area contributed by atoms with Gasteiger partial charge < -0.3 is 14.7 Å². The summed E-state index contributed by atoms with van der Waals surface area (Å²) in [5.74, 6) is 0.800. The predicted molar refractivity (Wildman–Crippen MR) is 128 cm³/mol. The van der Waals surface area contributed by atoms with E-state index in [0.717, 1.165) is 41.2 Å². The molecule has 1 aliphatic heterocycles. The van der Waals surface area contributed by atoms with Crippen LogP contribution in [0.15, 0.2) is 59.1 Å². The number of nitrogens with one attached hydrogen (secondary N) is 1. The molecule has 0 radical (unpaired) electrons. The lowest BCUT2D eigenvalue weighted by atomic mass is 10.0. The van der Waals surface area contributed by atoms with Crippen LogP contribution in [0.1, 0.15) is 23.4 Å². The first-order valence-corrected chi connectivity index (χ1v) is 11.4. The van der Waals surface area contributed by atoms with Gasteiger partial charge in [-0.05, 0) is 25.5 Å². The summed E-state index contributed by atoms with van der Waals surface area (Å²) in [6.07, 6.45) is 0.737. The lowest BCUT2D eigenvalue weighted by Gasteiger charge is -2.34. The number of carbonyl (C=O) groups is 2. The van der Waals surface area contributed by atoms with Gasteiger partial charge in [-0.1, -0.05) is 53.7 Å². The molecule has 3 aromatic rings. The quantitative estimate of drug-likeness (QED) is 0.599. The molecule has 1 aliphatic rings. The maximum atomic E-state index is 12.7. The zero-order valence-electron chi connectivity index (χ0n) is 19.2. The third-order valence-corrected chi connectivity index (χ3v) is 6.18. The van der Waals surface area contributed by atoms with E-state index in [1.807, 2.05) is 73.3 Å². The fourth-order valence-electron chi connectivity index (χ4n) is 4.17. The van der Waals surface area contributed by atoms with Gasteiger partial charge in [-0.3, -0.25) is 14.5 Å². The minimum Gasteiger partial charge on any atom is -0.361 e. The number of amides is 2. The van der Waals surface area contributed by atoms with Crippen LogP contribution in [-0.4, -0.2) is 59.5 Å². The minimum atomic E-state index is -0.00436. The largest absolute Gasteiger partial charge is 0.361 e. The second-order valence-corrected chi connectivity index (χ2v) is 8.41. The average Bonchev–Trinajstić information content (AvgIpc) is 3.16. The van der Waals surface area contributed by atoms with Crippen LogP contribution in [0.3, 0.4) is 0 Å². The van der Waals surface area contributed by atoms with Gasteiger partial charge in [0.2, 0.25) is 11.8 Å². The first-order chi connectivity index (χ1) is 16.0. The maximum absolute atomic E-state index is 12.7. The molecule has 0 unspecified atom stereocenters. The van der Waals surface area contributed by atoms with Crippen LogP contribution in [0.25, 0.3) is 11.1 Å². The van der Waals surface area contributed by atoms with Crippen LogP contribution in [0.2, 0.25) is 0 Å². The molecule has 0 atom stereocenters. The van der Waals surface area contributed by atoms with E-state index < -0.39 is 0 Å². The molecule has 1 fully saturated rings. The average molecular weight is 447 g/mol. The van der Waals surface area contributed by atoms with E-state index in [0.29, 0.717) is 38.2 Å². The molecule has 1 saturated heterocycles. The van der Waals surface area contributed by atoms with E-state index in [9.17, 15) is 9.59 Å². The Kier molecular flexibility index (Phi) is 7.19. The Morgan fingerprint density at radius 1 is 0.970 bits per heavy atom. The Hall–Kier alpha value is -3.45. The van der Waals surface area contributed by atoms with Crippen LogP contribution in [-0.2, 0) is 16.0 Å². The molecule has 0 saturated carbocycles. The van der Waals surface area contributed by atoms with Crippen LogP contribution < -0.4 is 5.32 Å². The molecule has 0 aliphatic carbocycles. The van der Waals surface area contributed by atoms with Gasteiger partial charge in [0, 0.05) is 56.0 Å². The molecule has 7 heteroatoms. The molecule has 1 N–H and O–H groups in total. The third kappa shape index (κ3) is 5.68. The first-order valence-electron chi connectivity index (χ1n) is 11.4. The Bertz CT molecular complexity index is 1080. The number of piperazine rings is 1. The number of carbonyl (C=O) groups excluding carboxylic acids is 2. The first kappa shape index (κ1) is 22.7. The van der Waals surface area contributed by atoms with E-state index in [1.54, 1.807) is 0 Å². The standard InChI is InChI=1S/C26H30N4O3/c1-19-23(20(2)33-28-19)18-26(32)30-16-14-29(15-17-30)13-12-25(31)27-24-11-7-6-10-22(24)21-8-4-3-5-9-21/h3-11H,12-18H2,1-2H3,(H,27,31). The van der Waals surface area contributed by atoms with Gasteiger partial charge in [-0.25, -0.2) is 0 Å². The number of anilines is 1. The molecule has 2 heterocycles. The van der Waals surface area contributed by atoms with Gasteiger partial charge in [0.15, 0.2) is 0 Å². The van der Waals surface area contributed by atoms with Gasteiger partial charge in [0.1, 0.15) is 5.76 Å². The van der Waals surface area contributed by atoms with Gasteiger partial charge in [0.25, 0.3) is 0 Å². The number of aromatic nitrogens is 1. The number of aryl methyl sites for hydroxylation is 2. The highest BCUT2D eigenvalue weighted by molar-refractivity contribution is 5.95. The molecule has 7 nitrogen and oxygen atoms in total. The van der Waals surface area contributed by atoms with Crippen molar-refractivity contribution in [1.82, 2.24) is 15.0 Å². The minimum absolute atomic E-state index is 0.00436. The molecule has 0 spiro atoms. The lowest BCUT2D eigenvalue weighted by Crippen LogP contribution is -2.49. The van der Waals surface area contributed by atoms with Crippen LogP contribution in [0, 0.1) is 13.8 Å². The number of rotatable bonds is 7. The molecular weight excluding hydrogens is 416 g/mol. The van der Waals surface area contributed by atoms with Crippen molar-refractivity contribution in [1.29, 1.82) is 0 Å². The van der Waals surface area contributed by atoms with E-state index >= 15 is 0 Å². The summed E-state index contributed by atoms with van der Waals surface area (Å²) in [6.45, 7) is 7.24. The van der Waals surface area contributed by atoms with Crippen molar-refractivity contribution in [3.8, 4) is 11.1 Å². The molecule has 172 valence electrons. The summed E-state index contributed by atoms with van der Waals surface area (Å²) >= 11 is 0. The molecule has 0 bridgehead atoms. The van der Waals surface area contributed by atoms with Gasteiger partial charge in [-0.15, -0.1) is 0 Å². The van der Waals surface area contributed by atoms with E-state index in [4.69, 9.17) is 4.52 Å². The van der Waals surface area contributed by atoms with Crippen molar-refractivity contribution < 1.29 is 14.1 Å². The number of hydrogen-bond acceptors (Lipinski definition) is 5. The Morgan fingerprint density at radius 3 is 2.36 bits per heavy atom. The van der Waals surface area contributed by atoms with Crippen molar-refractivity contribution in [3.63, 3.8) is 0 Å². The summed E-state index contributed by atoms with van der Waals surface area (Å²) in [5, 5.41) is 6.99. The number of hydrogen-bond donors (Lipinski definition) is 1. The van der Waals surface area contributed by atoms with Crippen molar-refractivity contribution >= 4 is 17.5 Å². The highest BCUT2D eigenvalue weighted by Crippen LogP contribution is 2.27. The number of nitrogens with zero attached hydrogens (tertiary/aromatic N) is 3. The van der Waals surface area contributed by atoms with Gasteiger partial charge in [-0.2, -0.15) is 0 Å². The number of para-hydroxylation sites is 1. The monoisotopic (exact) mass is 446 g/mol. The highest BCUT2D eigenvalue weighted by Gasteiger charge is 2.23. The van der Waals surface area contributed by atoms with Crippen molar-refractivity contribution in [3.05, 3.63) is 71.6 Å². The second-order valence-electron chi connectivity index (χ2n) is 8.41. The molecule has 2 amide bonds. The topological polar surface area (TPSA) is 78.7 Å². The van der Waals surface area contributed by atoms with Gasteiger partial charge >= 0.3 is 0 Å². The highest BCUT2D eigenvalue weighted by atomic mass is 16.5. The maximum Gasteiger partial charge on any atom is 0.227 e. The second kappa shape index (κ2) is 10.4. The van der Waals surface area contributed by atoms with Crippen molar-refractivity contribution in [2.75, 3.05) is 38.0 Å². The Balaban J connectivity index is 1.24. The summed E-state index contributed by atoms with van der Waals surface area (Å²) < 4.78 is 5.16. The van der Waals surface area contributed by atoms with E-state index in [-0.39, 0.29) is 11.8 Å². The van der Waals surface area contributed by atoms with E-state index in [2.05, 4.69) is 15.4 Å². The van der Waals surface area contributed by atoms with Crippen LogP contribution >= 0.6 is 0 Å². The predicted octanol–water partition coefficient (Wildman–Crippen LogP) is 3.67. The third-order valence-electron chi connectivity index (χ3n) is 6.18. The molecular formula is C26H30N4O3. The Labute approximate surface area is 194 Å². The lowest BCUT2D eigenvalue weighted by molar-refractivity contribution is -0.132. The number of benzene rings is 2.